The highest BCUT2D eigenvalue weighted by Crippen LogP contribution is 2.31. The van der Waals surface area contributed by atoms with Gasteiger partial charge in [0.1, 0.15) is 0 Å². The molecular formula is C10H15NOS. The summed E-state index contributed by atoms with van der Waals surface area (Å²) in [5.74, 6) is 0.496. The van der Waals surface area contributed by atoms with Gasteiger partial charge in [-0.25, -0.2) is 0 Å². The maximum Gasteiger partial charge on any atom is 0.0727 e. The Morgan fingerprint density at radius 3 is 3.23 bits per heavy atom. The Morgan fingerprint density at radius 1 is 1.69 bits per heavy atom. The van der Waals surface area contributed by atoms with Crippen LogP contribution >= 0.6 is 11.3 Å². The Bertz CT molecular complexity index is 272. The molecule has 0 bridgehead atoms. The summed E-state index contributed by atoms with van der Waals surface area (Å²) < 4.78 is 5.40. The molecule has 1 aromatic rings. The predicted molar refractivity (Wildman–Crippen MR) is 55.1 cm³/mol. The van der Waals surface area contributed by atoms with Gasteiger partial charge in [0.05, 0.1) is 13.2 Å². The van der Waals surface area contributed by atoms with E-state index in [0.717, 1.165) is 26.2 Å². The molecule has 0 aliphatic carbocycles. The van der Waals surface area contributed by atoms with Crippen LogP contribution in [0.2, 0.25) is 0 Å². The van der Waals surface area contributed by atoms with E-state index < -0.39 is 0 Å². The first-order valence-electron chi connectivity index (χ1n) is 4.70. The van der Waals surface area contributed by atoms with E-state index in [4.69, 9.17) is 10.5 Å². The number of fused-ring (bicyclic) bond motifs is 1. The molecule has 2 heterocycles. The lowest BCUT2D eigenvalue weighted by atomic mass is 10.1. The third-order valence-corrected chi connectivity index (χ3v) is 3.95. The van der Waals surface area contributed by atoms with Crippen LogP contribution in [0.4, 0.5) is 0 Å². The molecule has 1 aliphatic rings. The van der Waals surface area contributed by atoms with Crippen LogP contribution < -0.4 is 5.73 Å². The summed E-state index contributed by atoms with van der Waals surface area (Å²) in [6.45, 7) is 4.59. The first-order chi connectivity index (χ1) is 6.31. The molecule has 3 heteroatoms. The Morgan fingerprint density at radius 2 is 2.54 bits per heavy atom. The van der Waals surface area contributed by atoms with E-state index in [1.54, 1.807) is 0 Å². The number of hydrogen-bond acceptors (Lipinski definition) is 3. The smallest absolute Gasteiger partial charge is 0.0727 e. The van der Waals surface area contributed by atoms with Gasteiger partial charge in [0.2, 0.25) is 0 Å². The molecule has 0 amide bonds. The fraction of sp³-hybridized carbons (Fsp3) is 0.600. The van der Waals surface area contributed by atoms with Gasteiger partial charge in [0, 0.05) is 22.1 Å². The van der Waals surface area contributed by atoms with Gasteiger partial charge in [-0.2, -0.15) is 0 Å². The van der Waals surface area contributed by atoms with Crippen molar-refractivity contribution in [1.29, 1.82) is 0 Å². The minimum atomic E-state index is 0.496. The van der Waals surface area contributed by atoms with Crippen molar-refractivity contribution in [3.63, 3.8) is 0 Å². The summed E-state index contributed by atoms with van der Waals surface area (Å²) in [6.07, 6.45) is 1.08. The van der Waals surface area contributed by atoms with E-state index in [1.807, 2.05) is 11.3 Å². The Hall–Kier alpha value is -0.380. The summed E-state index contributed by atoms with van der Waals surface area (Å²) in [6, 6.07) is 2.26. The standard InChI is InChI=1S/C10H15NOS/c1-7(5-11)10-4-8-6-12-3-2-9(8)13-10/h4,7H,2-3,5-6,11H2,1H3. The lowest BCUT2D eigenvalue weighted by Gasteiger charge is -2.10. The lowest BCUT2D eigenvalue weighted by molar-refractivity contribution is 0.112. The summed E-state index contributed by atoms with van der Waals surface area (Å²) >= 11 is 1.91. The van der Waals surface area contributed by atoms with Crippen LogP contribution in [0.15, 0.2) is 6.07 Å². The van der Waals surface area contributed by atoms with E-state index in [1.165, 1.54) is 15.3 Å². The zero-order valence-electron chi connectivity index (χ0n) is 7.88. The second-order valence-corrected chi connectivity index (χ2v) is 4.70. The Balaban J connectivity index is 2.25. The number of thiophene rings is 1. The molecule has 2 N–H and O–H groups in total. The van der Waals surface area contributed by atoms with E-state index in [2.05, 4.69) is 13.0 Å². The molecule has 0 saturated heterocycles. The molecular weight excluding hydrogens is 182 g/mol. The molecule has 1 unspecified atom stereocenters. The van der Waals surface area contributed by atoms with E-state index in [0.29, 0.717) is 5.92 Å². The average molecular weight is 197 g/mol. The SMILES string of the molecule is CC(CN)c1cc2c(s1)CCOC2. The quantitative estimate of drug-likeness (QED) is 0.785. The van der Waals surface area contributed by atoms with Crippen molar-refractivity contribution < 1.29 is 4.74 Å². The molecule has 13 heavy (non-hydrogen) atoms. The predicted octanol–water partition coefficient (Wildman–Crippen LogP) is 1.88. The minimum Gasteiger partial charge on any atom is -0.376 e. The molecule has 2 rings (SSSR count). The normalized spacial score (nSPS) is 18.3. The molecule has 72 valence electrons. The van der Waals surface area contributed by atoms with Crippen LogP contribution in [0, 0.1) is 0 Å². The summed E-state index contributed by atoms with van der Waals surface area (Å²) in [5, 5.41) is 0. The maximum absolute atomic E-state index is 5.64. The van der Waals surface area contributed by atoms with Gasteiger partial charge in [0.25, 0.3) is 0 Å². The lowest BCUT2D eigenvalue weighted by Crippen LogP contribution is -2.07. The molecule has 0 saturated carbocycles. The molecule has 0 fully saturated rings. The molecule has 1 aromatic heterocycles. The number of rotatable bonds is 2. The van der Waals surface area contributed by atoms with Crippen LogP contribution in [0.1, 0.15) is 28.2 Å². The van der Waals surface area contributed by atoms with Crippen LogP contribution in [-0.4, -0.2) is 13.2 Å². The molecule has 1 atom stereocenters. The van der Waals surface area contributed by atoms with Crippen molar-refractivity contribution in [1.82, 2.24) is 0 Å². The van der Waals surface area contributed by atoms with Crippen molar-refractivity contribution in [3.05, 3.63) is 21.4 Å². The van der Waals surface area contributed by atoms with Gasteiger partial charge in [-0.3, -0.25) is 0 Å². The molecule has 1 aliphatic heterocycles. The third-order valence-electron chi connectivity index (χ3n) is 2.49. The van der Waals surface area contributed by atoms with Gasteiger partial charge >= 0.3 is 0 Å². The van der Waals surface area contributed by atoms with Crippen LogP contribution in [-0.2, 0) is 17.8 Å². The van der Waals surface area contributed by atoms with Crippen LogP contribution in [0.5, 0.6) is 0 Å². The first kappa shape index (κ1) is 9.19. The fourth-order valence-corrected chi connectivity index (χ4v) is 2.75. The van der Waals surface area contributed by atoms with Gasteiger partial charge in [-0.05, 0) is 18.2 Å². The van der Waals surface area contributed by atoms with E-state index in [9.17, 15) is 0 Å². The topological polar surface area (TPSA) is 35.2 Å². The molecule has 2 nitrogen and oxygen atoms in total. The van der Waals surface area contributed by atoms with E-state index >= 15 is 0 Å². The van der Waals surface area contributed by atoms with Crippen molar-refractivity contribution in [2.75, 3.05) is 13.2 Å². The summed E-state index contributed by atoms with van der Waals surface area (Å²) in [5.41, 5.74) is 7.02. The zero-order valence-corrected chi connectivity index (χ0v) is 8.69. The van der Waals surface area contributed by atoms with Gasteiger partial charge in [-0.15, -0.1) is 11.3 Å². The van der Waals surface area contributed by atoms with Crippen LogP contribution in [0.3, 0.4) is 0 Å². The number of nitrogens with two attached hydrogens (primary N) is 1. The highest BCUT2D eigenvalue weighted by molar-refractivity contribution is 7.12. The van der Waals surface area contributed by atoms with Gasteiger partial charge < -0.3 is 10.5 Å². The van der Waals surface area contributed by atoms with Crippen molar-refractivity contribution in [2.24, 2.45) is 5.73 Å². The molecule has 0 aromatic carbocycles. The third kappa shape index (κ3) is 1.77. The second-order valence-electron chi connectivity index (χ2n) is 3.54. The van der Waals surface area contributed by atoms with Gasteiger partial charge in [0.15, 0.2) is 0 Å². The average Bonchev–Trinajstić information content (AvgIpc) is 2.59. The number of hydrogen-bond donors (Lipinski definition) is 1. The first-order valence-corrected chi connectivity index (χ1v) is 5.52. The van der Waals surface area contributed by atoms with Crippen molar-refractivity contribution >= 4 is 11.3 Å². The fourth-order valence-electron chi connectivity index (χ4n) is 1.53. The monoisotopic (exact) mass is 197 g/mol. The van der Waals surface area contributed by atoms with Crippen molar-refractivity contribution in [3.8, 4) is 0 Å². The molecule has 0 radical (unpaired) electrons. The molecule has 0 spiro atoms. The van der Waals surface area contributed by atoms with Crippen molar-refractivity contribution in [2.45, 2.75) is 25.9 Å². The summed E-state index contributed by atoms with van der Waals surface area (Å²) in [4.78, 5) is 2.92. The number of ether oxygens (including phenoxy) is 1. The Labute approximate surface area is 82.7 Å². The van der Waals surface area contributed by atoms with Crippen LogP contribution in [0.25, 0.3) is 0 Å². The highest BCUT2D eigenvalue weighted by Gasteiger charge is 2.15. The van der Waals surface area contributed by atoms with Gasteiger partial charge in [-0.1, -0.05) is 6.92 Å². The largest absolute Gasteiger partial charge is 0.376 e. The maximum atomic E-state index is 5.64. The minimum absolute atomic E-state index is 0.496. The highest BCUT2D eigenvalue weighted by atomic mass is 32.1. The van der Waals surface area contributed by atoms with E-state index in [-0.39, 0.29) is 0 Å². The zero-order chi connectivity index (χ0) is 9.26. The summed E-state index contributed by atoms with van der Waals surface area (Å²) in [7, 11) is 0. The Kier molecular flexibility index (Phi) is 2.67. The second kappa shape index (κ2) is 3.78.